The van der Waals surface area contributed by atoms with Crippen LogP contribution in [0.25, 0.3) is 0 Å². The highest BCUT2D eigenvalue weighted by Gasteiger charge is 2.09. The van der Waals surface area contributed by atoms with Crippen molar-refractivity contribution in [1.82, 2.24) is 0 Å². The number of aliphatic imine (C=N–C) groups is 1. The van der Waals surface area contributed by atoms with Crippen molar-refractivity contribution in [1.29, 1.82) is 0 Å². The lowest BCUT2D eigenvalue weighted by Gasteiger charge is -1.98. The predicted molar refractivity (Wildman–Crippen MR) is 62.9 cm³/mol. The second kappa shape index (κ2) is 6.06. The van der Waals surface area contributed by atoms with Gasteiger partial charge >= 0.3 is 0 Å². The molecule has 1 unspecified atom stereocenters. The monoisotopic (exact) mass is 206 g/mol. The molecule has 1 aromatic rings. The SMILES string of the molecule is CC1CN=C(N)O1.CCc1ccccc1. The van der Waals surface area contributed by atoms with Crippen LogP contribution in [-0.4, -0.2) is 18.7 Å². The van der Waals surface area contributed by atoms with E-state index < -0.39 is 0 Å². The first-order chi connectivity index (χ1) is 7.22. The normalized spacial score (nSPS) is 18.5. The molecule has 0 aliphatic carbocycles. The summed E-state index contributed by atoms with van der Waals surface area (Å²) in [5, 5.41) is 0. The molecule has 2 N–H and O–H groups in total. The van der Waals surface area contributed by atoms with E-state index in [2.05, 4.69) is 36.2 Å². The van der Waals surface area contributed by atoms with Gasteiger partial charge in [0.25, 0.3) is 6.02 Å². The number of aryl methyl sites for hydroxylation is 1. The van der Waals surface area contributed by atoms with Crippen molar-refractivity contribution in [3.63, 3.8) is 0 Å². The Morgan fingerprint density at radius 2 is 2.07 bits per heavy atom. The third-order valence-corrected chi connectivity index (χ3v) is 2.08. The summed E-state index contributed by atoms with van der Waals surface area (Å²) in [5.74, 6) is 0. The van der Waals surface area contributed by atoms with E-state index in [0.29, 0.717) is 12.6 Å². The Labute approximate surface area is 91.0 Å². The van der Waals surface area contributed by atoms with Crippen molar-refractivity contribution in [3.8, 4) is 0 Å². The molecule has 3 heteroatoms. The average Bonchev–Trinajstić information content (AvgIpc) is 2.65. The Bertz CT molecular complexity index is 309. The smallest absolute Gasteiger partial charge is 0.282 e. The number of nitrogens with two attached hydrogens (primary N) is 1. The molecule has 0 aromatic heterocycles. The van der Waals surface area contributed by atoms with Gasteiger partial charge in [-0.15, -0.1) is 0 Å². The fourth-order valence-electron chi connectivity index (χ4n) is 1.21. The molecule has 3 nitrogen and oxygen atoms in total. The highest BCUT2D eigenvalue weighted by Crippen LogP contribution is 1.98. The maximum atomic E-state index is 5.15. The van der Waals surface area contributed by atoms with Gasteiger partial charge in [0.05, 0.1) is 6.54 Å². The van der Waals surface area contributed by atoms with Gasteiger partial charge in [0, 0.05) is 0 Å². The molecule has 0 saturated carbocycles. The number of amidine groups is 1. The molecular formula is C12H18N2O. The lowest BCUT2D eigenvalue weighted by molar-refractivity contribution is 0.242. The minimum absolute atomic E-state index is 0.194. The van der Waals surface area contributed by atoms with E-state index in [9.17, 15) is 0 Å². The van der Waals surface area contributed by atoms with E-state index in [1.165, 1.54) is 5.56 Å². The van der Waals surface area contributed by atoms with Crippen molar-refractivity contribution >= 4 is 6.02 Å². The molecule has 0 fully saturated rings. The number of ether oxygens (including phenoxy) is 1. The molecule has 1 heterocycles. The van der Waals surface area contributed by atoms with Crippen LogP contribution in [0.3, 0.4) is 0 Å². The van der Waals surface area contributed by atoms with Crippen molar-refractivity contribution < 1.29 is 4.74 Å². The van der Waals surface area contributed by atoms with Crippen LogP contribution in [0, 0.1) is 0 Å². The molecule has 0 radical (unpaired) electrons. The van der Waals surface area contributed by atoms with Crippen LogP contribution in [-0.2, 0) is 11.2 Å². The van der Waals surface area contributed by atoms with Gasteiger partial charge in [0.1, 0.15) is 6.10 Å². The van der Waals surface area contributed by atoms with Crippen LogP contribution in [0.15, 0.2) is 35.3 Å². The summed E-state index contributed by atoms with van der Waals surface area (Å²) in [5.41, 5.74) is 6.56. The zero-order valence-corrected chi connectivity index (χ0v) is 9.31. The summed E-state index contributed by atoms with van der Waals surface area (Å²) < 4.78 is 4.89. The standard InChI is InChI=1S/C8H10.C4H8N2O/c1-2-8-6-4-3-5-7-8;1-3-2-6-4(5)7-3/h3-7H,2H2,1H3;3H,2H2,1H3,(H2,5,6). The zero-order chi connectivity index (χ0) is 11.1. The minimum Gasteiger partial charge on any atom is -0.460 e. The highest BCUT2D eigenvalue weighted by molar-refractivity contribution is 5.72. The molecular weight excluding hydrogens is 188 g/mol. The van der Waals surface area contributed by atoms with Gasteiger partial charge in [-0.25, -0.2) is 4.99 Å². The lowest BCUT2D eigenvalue weighted by Crippen LogP contribution is -2.14. The van der Waals surface area contributed by atoms with Crippen LogP contribution in [0.4, 0.5) is 0 Å². The summed E-state index contributed by atoms with van der Waals surface area (Å²) >= 11 is 0. The van der Waals surface area contributed by atoms with E-state index >= 15 is 0 Å². The lowest BCUT2D eigenvalue weighted by atomic mass is 10.2. The van der Waals surface area contributed by atoms with Crippen LogP contribution in [0.2, 0.25) is 0 Å². The van der Waals surface area contributed by atoms with E-state index in [-0.39, 0.29) is 6.10 Å². The molecule has 1 aliphatic heterocycles. The summed E-state index contributed by atoms with van der Waals surface area (Å²) in [6.45, 7) is 4.81. The molecule has 1 aliphatic rings. The van der Waals surface area contributed by atoms with Gasteiger partial charge in [0.15, 0.2) is 0 Å². The predicted octanol–water partition coefficient (Wildman–Crippen LogP) is 1.97. The molecule has 82 valence electrons. The van der Waals surface area contributed by atoms with Gasteiger partial charge in [-0.05, 0) is 18.9 Å². The number of rotatable bonds is 1. The van der Waals surface area contributed by atoms with E-state index in [0.717, 1.165) is 6.42 Å². The molecule has 1 atom stereocenters. The average molecular weight is 206 g/mol. The first-order valence-corrected chi connectivity index (χ1v) is 5.23. The summed E-state index contributed by atoms with van der Waals surface area (Å²) in [6.07, 6.45) is 1.33. The summed E-state index contributed by atoms with van der Waals surface area (Å²) in [6, 6.07) is 10.8. The first kappa shape index (κ1) is 11.6. The molecule has 0 spiro atoms. The van der Waals surface area contributed by atoms with Crippen molar-refractivity contribution in [2.45, 2.75) is 26.4 Å². The van der Waals surface area contributed by atoms with E-state index in [1.54, 1.807) is 0 Å². The quantitative estimate of drug-likeness (QED) is 0.763. The van der Waals surface area contributed by atoms with Gasteiger partial charge in [-0.1, -0.05) is 37.3 Å². The van der Waals surface area contributed by atoms with Crippen molar-refractivity contribution in [2.75, 3.05) is 6.54 Å². The number of hydrogen-bond donors (Lipinski definition) is 1. The Morgan fingerprint density at radius 3 is 2.33 bits per heavy atom. The number of nitrogens with zero attached hydrogens (tertiary/aromatic N) is 1. The van der Waals surface area contributed by atoms with Crippen LogP contribution < -0.4 is 5.73 Å². The van der Waals surface area contributed by atoms with Gasteiger partial charge in [0.2, 0.25) is 0 Å². The van der Waals surface area contributed by atoms with Crippen LogP contribution in [0.5, 0.6) is 0 Å². The summed E-state index contributed by atoms with van der Waals surface area (Å²) in [4.78, 5) is 3.79. The molecule has 2 rings (SSSR count). The third-order valence-electron chi connectivity index (χ3n) is 2.08. The summed E-state index contributed by atoms with van der Waals surface area (Å²) in [7, 11) is 0. The molecule has 1 aromatic carbocycles. The number of benzene rings is 1. The maximum absolute atomic E-state index is 5.15. The second-order valence-corrected chi connectivity index (χ2v) is 3.45. The highest BCUT2D eigenvalue weighted by atomic mass is 16.5. The largest absolute Gasteiger partial charge is 0.460 e. The zero-order valence-electron chi connectivity index (χ0n) is 9.31. The van der Waals surface area contributed by atoms with Gasteiger partial charge in [-0.3, -0.25) is 0 Å². The maximum Gasteiger partial charge on any atom is 0.282 e. The van der Waals surface area contributed by atoms with Crippen LogP contribution >= 0.6 is 0 Å². The Balaban J connectivity index is 0.000000151. The Hall–Kier alpha value is -1.51. The Kier molecular flexibility index (Phi) is 4.68. The fourth-order valence-corrected chi connectivity index (χ4v) is 1.21. The molecule has 0 bridgehead atoms. The van der Waals surface area contributed by atoms with E-state index in [1.807, 2.05) is 13.0 Å². The fraction of sp³-hybridized carbons (Fsp3) is 0.417. The van der Waals surface area contributed by atoms with Gasteiger partial charge < -0.3 is 10.5 Å². The minimum atomic E-state index is 0.194. The van der Waals surface area contributed by atoms with Crippen molar-refractivity contribution in [2.24, 2.45) is 10.7 Å². The second-order valence-electron chi connectivity index (χ2n) is 3.45. The topological polar surface area (TPSA) is 47.6 Å². The third kappa shape index (κ3) is 4.49. The van der Waals surface area contributed by atoms with Crippen molar-refractivity contribution in [3.05, 3.63) is 35.9 Å². The molecule has 0 amide bonds. The first-order valence-electron chi connectivity index (χ1n) is 5.23. The molecule has 15 heavy (non-hydrogen) atoms. The van der Waals surface area contributed by atoms with E-state index in [4.69, 9.17) is 10.5 Å². The Morgan fingerprint density at radius 1 is 1.40 bits per heavy atom. The van der Waals surface area contributed by atoms with Gasteiger partial charge in [-0.2, -0.15) is 0 Å². The van der Waals surface area contributed by atoms with Crippen LogP contribution in [0.1, 0.15) is 19.4 Å². The number of hydrogen-bond acceptors (Lipinski definition) is 3. The molecule has 0 saturated heterocycles.